The SMILES string of the molecule is CCOc1ccc(N[C@H]2CCN(CC(=O)N3CCC[C@H]3C#N)C2)c2cccnc12. The maximum absolute atomic E-state index is 12.6. The number of nitriles is 1. The second-order valence-electron chi connectivity index (χ2n) is 7.68. The van der Waals surface area contributed by atoms with Crippen molar-refractivity contribution in [3.8, 4) is 11.8 Å². The summed E-state index contributed by atoms with van der Waals surface area (Å²) >= 11 is 0. The Balaban J connectivity index is 1.40. The van der Waals surface area contributed by atoms with Crippen molar-refractivity contribution in [3.05, 3.63) is 30.5 Å². The summed E-state index contributed by atoms with van der Waals surface area (Å²) in [5.74, 6) is 0.871. The van der Waals surface area contributed by atoms with Crippen molar-refractivity contribution in [1.29, 1.82) is 5.26 Å². The van der Waals surface area contributed by atoms with Gasteiger partial charge in [-0.25, -0.2) is 0 Å². The Morgan fingerprint density at radius 1 is 1.34 bits per heavy atom. The topological polar surface area (TPSA) is 81.5 Å². The van der Waals surface area contributed by atoms with E-state index in [-0.39, 0.29) is 18.0 Å². The number of benzene rings is 1. The predicted molar refractivity (Wildman–Crippen MR) is 112 cm³/mol. The quantitative estimate of drug-likeness (QED) is 0.813. The van der Waals surface area contributed by atoms with Crippen LogP contribution in [-0.4, -0.2) is 65.6 Å². The predicted octanol–water partition coefficient (Wildman–Crippen LogP) is 2.63. The van der Waals surface area contributed by atoms with Crippen LogP contribution in [0.3, 0.4) is 0 Å². The molecule has 4 rings (SSSR count). The number of nitrogens with one attached hydrogen (secondary N) is 1. The van der Waals surface area contributed by atoms with Crippen molar-refractivity contribution in [2.24, 2.45) is 0 Å². The monoisotopic (exact) mass is 393 g/mol. The highest BCUT2D eigenvalue weighted by Gasteiger charge is 2.31. The highest BCUT2D eigenvalue weighted by atomic mass is 16.5. The Morgan fingerprint density at radius 3 is 3.07 bits per heavy atom. The number of carbonyl (C=O) groups is 1. The molecule has 2 fully saturated rings. The molecule has 29 heavy (non-hydrogen) atoms. The Bertz CT molecular complexity index is 925. The van der Waals surface area contributed by atoms with E-state index >= 15 is 0 Å². The summed E-state index contributed by atoms with van der Waals surface area (Å²) in [6.45, 7) is 5.36. The van der Waals surface area contributed by atoms with Gasteiger partial charge in [-0.05, 0) is 50.5 Å². The first-order valence-electron chi connectivity index (χ1n) is 10.4. The second-order valence-corrected chi connectivity index (χ2v) is 7.68. The minimum absolute atomic E-state index is 0.0745. The van der Waals surface area contributed by atoms with Crippen molar-refractivity contribution in [1.82, 2.24) is 14.8 Å². The lowest BCUT2D eigenvalue weighted by atomic mass is 10.1. The molecular weight excluding hydrogens is 366 g/mol. The average molecular weight is 393 g/mol. The molecule has 2 atom stereocenters. The maximum Gasteiger partial charge on any atom is 0.237 e. The van der Waals surface area contributed by atoms with Gasteiger partial charge in [0, 0.05) is 42.9 Å². The fourth-order valence-corrected chi connectivity index (χ4v) is 4.34. The number of hydrogen-bond acceptors (Lipinski definition) is 6. The van der Waals surface area contributed by atoms with Crippen LogP contribution in [-0.2, 0) is 4.79 Å². The van der Waals surface area contributed by atoms with E-state index in [1.807, 2.05) is 25.1 Å². The first-order chi connectivity index (χ1) is 14.2. The summed E-state index contributed by atoms with van der Waals surface area (Å²) in [6, 6.07) is 10.3. The number of ether oxygens (including phenoxy) is 1. The zero-order valence-electron chi connectivity index (χ0n) is 16.8. The molecule has 1 amide bonds. The lowest BCUT2D eigenvalue weighted by Crippen LogP contribution is -2.42. The Labute approximate surface area is 171 Å². The fraction of sp³-hybridized carbons (Fsp3) is 0.500. The first kappa shape index (κ1) is 19.5. The van der Waals surface area contributed by atoms with E-state index in [4.69, 9.17) is 4.74 Å². The highest BCUT2D eigenvalue weighted by molar-refractivity contribution is 5.95. The molecule has 2 aromatic rings. The third-order valence-electron chi connectivity index (χ3n) is 5.75. The summed E-state index contributed by atoms with van der Waals surface area (Å²) < 4.78 is 5.71. The van der Waals surface area contributed by atoms with Crippen molar-refractivity contribution < 1.29 is 9.53 Å². The molecule has 0 unspecified atom stereocenters. The Hall–Kier alpha value is -2.85. The van der Waals surface area contributed by atoms with Crippen LogP contribution in [0.5, 0.6) is 5.75 Å². The van der Waals surface area contributed by atoms with Gasteiger partial charge in [0.1, 0.15) is 17.3 Å². The number of fused-ring (bicyclic) bond motifs is 1. The van der Waals surface area contributed by atoms with Crippen molar-refractivity contribution >= 4 is 22.5 Å². The van der Waals surface area contributed by atoms with Crippen LogP contribution in [0.4, 0.5) is 5.69 Å². The van der Waals surface area contributed by atoms with Gasteiger partial charge in [-0.15, -0.1) is 0 Å². The molecular formula is C22H27N5O2. The van der Waals surface area contributed by atoms with Crippen LogP contribution >= 0.6 is 0 Å². The van der Waals surface area contributed by atoms with Gasteiger partial charge in [-0.2, -0.15) is 5.26 Å². The number of likely N-dealkylation sites (tertiary alicyclic amines) is 2. The normalized spacial score (nSPS) is 22.0. The standard InChI is InChI=1S/C22H27N5O2/c1-2-29-20-8-7-19(18-6-3-10-24-22(18)20)25-16-9-12-26(14-16)15-21(28)27-11-4-5-17(27)13-23/h3,6-8,10,16-17,25H,2,4-5,9,11-12,14-15H2,1H3/t16-,17-/m0/s1. The summed E-state index contributed by atoms with van der Waals surface area (Å²) in [7, 11) is 0. The fourth-order valence-electron chi connectivity index (χ4n) is 4.34. The van der Waals surface area contributed by atoms with E-state index in [0.29, 0.717) is 19.7 Å². The molecule has 3 heterocycles. The minimum Gasteiger partial charge on any atom is -0.492 e. The van der Waals surface area contributed by atoms with Gasteiger partial charge in [0.15, 0.2) is 0 Å². The first-order valence-corrected chi connectivity index (χ1v) is 10.4. The number of amides is 1. The Morgan fingerprint density at radius 2 is 2.24 bits per heavy atom. The van der Waals surface area contributed by atoms with Crippen LogP contribution in [0.25, 0.3) is 10.9 Å². The molecule has 1 N–H and O–H groups in total. The lowest BCUT2D eigenvalue weighted by Gasteiger charge is -2.23. The van der Waals surface area contributed by atoms with Gasteiger partial charge in [0.05, 0.1) is 19.2 Å². The molecule has 0 spiro atoms. The second kappa shape index (κ2) is 8.66. The number of nitrogens with zero attached hydrogens (tertiary/aromatic N) is 4. The van der Waals surface area contributed by atoms with E-state index < -0.39 is 0 Å². The summed E-state index contributed by atoms with van der Waals surface area (Å²) in [4.78, 5) is 21.0. The zero-order chi connectivity index (χ0) is 20.2. The van der Waals surface area contributed by atoms with E-state index in [9.17, 15) is 10.1 Å². The van der Waals surface area contributed by atoms with Crippen molar-refractivity contribution in [3.63, 3.8) is 0 Å². The Kier molecular flexibility index (Phi) is 5.81. The molecule has 7 heteroatoms. The largest absolute Gasteiger partial charge is 0.492 e. The van der Waals surface area contributed by atoms with Crippen LogP contribution in [0, 0.1) is 11.3 Å². The van der Waals surface area contributed by atoms with Gasteiger partial charge in [0.2, 0.25) is 5.91 Å². The van der Waals surface area contributed by atoms with Gasteiger partial charge in [-0.1, -0.05) is 0 Å². The third-order valence-corrected chi connectivity index (χ3v) is 5.75. The molecule has 7 nitrogen and oxygen atoms in total. The smallest absolute Gasteiger partial charge is 0.237 e. The molecule has 152 valence electrons. The number of anilines is 1. The van der Waals surface area contributed by atoms with Gasteiger partial charge < -0.3 is 15.0 Å². The number of aromatic nitrogens is 1. The average Bonchev–Trinajstić information content (AvgIpc) is 3.39. The molecule has 2 saturated heterocycles. The third kappa shape index (κ3) is 4.13. The van der Waals surface area contributed by atoms with Gasteiger partial charge in [-0.3, -0.25) is 14.7 Å². The van der Waals surface area contributed by atoms with Gasteiger partial charge in [0.25, 0.3) is 0 Å². The molecule has 1 aromatic heterocycles. The molecule has 0 saturated carbocycles. The molecule has 2 aliphatic heterocycles. The van der Waals surface area contributed by atoms with Crippen LogP contribution < -0.4 is 10.1 Å². The maximum atomic E-state index is 12.6. The number of hydrogen-bond donors (Lipinski definition) is 1. The molecule has 1 aromatic carbocycles. The van der Waals surface area contributed by atoms with E-state index in [0.717, 1.165) is 54.7 Å². The number of carbonyl (C=O) groups excluding carboxylic acids is 1. The van der Waals surface area contributed by atoms with E-state index in [1.165, 1.54) is 0 Å². The number of pyridine rings is 1. The van der Waals surface area contributed by atoms with Crippen LogP contribution in [0.2, 0.25) is 0 Å². The highest BCUT2D eigenvalue weighted by Crippen LogP contribution is 2.31. The molecule has 0 radical (unpaired) electrons. The van der Waals surface area contributed by atoms with Crippen molar-refractivity contribution in [2.75, 3.05) is 38.1 Å². The summed E-state index contributed by atoms with van der Waals surface area (Å²) in [5, 5.41) is 13.9. The van der Waals surface area contributed by atoms with Gasteiger partial charge >= 0.3 is 0 Å². The molecule has 2 aliphatic rings. The molecule has 0 aliphatic carbocycles. The lowest BCUT2D eigenvalue weighted by molar-refractivity contribution is -0.132. The number of rotatable bonds is 6. The van der Waals surface area contributed by atoms with E-state index in [1.54, 1.807) is 11.1 Å². The van der Waals surface area contributed by atoms with Crippen LogP contribution in [0.15, 0.2) is 30.5 Å². The summed E-state index contributed by atoms with van der Waals surface area (Å²) in [5.41, 5.74) is 1.90. The van der Waals surface area contributed by atoms with Crippen LogP contribution in [0.1, 0.15) is 26.2 Å². The van der Waals surface area contributed by atoms with Crippen molar-refractivity contribution in [2.45, 2.75) is 38.3 Å². The molecule has 0 bridgehead atoms. The minimum atomic E-state index is -0.248. The summed E-state index contributed by atoms with van der Waals surface area (Å²) in [6.07, 6.45) is 4.48. The zero-order valence-corrected chi connectivity index (χ0v) is 16.8. The van der Waals surface area contributed by atoms with E-state index in [2.05, 4.69) is 27.3 Å².